The van der Waals surface area contributed by atoms with Crippen LogP contribution in [0.5, 0.6) is 0 Å². The maximum atomic E-state index is 10.7. The Morgan fingerprint density at radius 2 is 1.75 bits per heavy atom. The molecule has 0 rings (SSSR count). The Balaban J connectivity index is 0. The van der Waals surface area contributed by atoms with Gasteiger partial charge in [-0.15, -0.1) is 0 Å². The summed E-state index contributed by atoms with van der Waals surface area (Å²) < 4.78 is 4.77. The summed E-state index contributed by atoms with van der Waals surface area (Å²) in [5, 5.41) is 8.33. The summed E-state index contributed by atoms with van der Waals surface area (Å²) in [5.41, 5.74) is 0. The molecule has 5 heteroatoms. The normalized spacial score (nSPS) is 9.33. The van der Waals surface area contributed by atoms with E-state index >= 15 is 0 Å². The van der Waals surface area contributed by atoms with Crippen LogP contribution in [-0.4, -0.2) is 53.4 Å². The van der Waals surface area contributed by atoms with Gasteiger partial charge in [-0.25, -0.2) is 0 Å². The highest BCUT2D eigenvalue weighted by atomic mass is 27.0. The molecule has 0 saturated heterocycles. The lowest BCUT2D eigenvalue weighted by Gasteiger charge is -2.09. The largest absolute Gasteiger partial charge is 0.394 e. The molecule has 0 bridgehead atoms. The highest BCUT2D eigenvalue weighted by Gasteiger charge is 2.18. The molecule has 0 heterocycles. The second-order valence-electron chi connectivity index (χ2n) is 2.20. The Labute approximate surface area is 82.0 Å². The number of aliphatic hydroxyl groups is 1. The second kappa shape index (κ2) is 7.44. The van der Waals surface area contributed by atoms with Crippen molar-refractivity contribution < 1.29 is 19.4 Å². The highest BCUT2D eigenvalue weighted by molar-refractivity contribution is 6.03. The number of Topliss-reactive ketones (excluding diaryl/α,β-unsaturated/α-hetero) is 2. The van der Waals surface area contributed by atoms with Crippen molar-refractivity contribution in [3.05, 3.63) is 0 Å². The summed E-state index contributed by atoms with van der Waals surface area (Å²) in [6, 6.07) is 0. The lowest BCUT2D eigenvalue weighted by molar-refractivity contribution is -0.140. The Morgan fingerprint density at radius 3 is 2.00 bits per heavy atom. The van der Waals surface area contributed by atoms with E-state index in [1.807, 2.05) is 0 Å². The van der Waals surface area contributed by atoms with E-state index in [-0.39, 0.29) is 42.1 Å². The van der Waals surface area contributed by atoms with Gasteiger partial charge >= 0.3 is 0 Å². The average Bonchev–Trinajstić information content (AvgIpc) is 1.87. The van der Waals surface area contributed by atoms with Crippen molar-refractivity contribution in [3.8, 4) is 0 Å². The third-order valence-corrected chi connectivity index (χ3v) is 1.11. The van der Waals surface area contributed by atoms with E-state index in [1.54, 1.807) is 0 Å². The molecule has 0 aromatic carbocycles. The number of ether oxygens (including phenoxy) is 1. The first-order valence-corrected chi connectivity index (χ1v) is 3.33. The molecule has 0 aromatic heterocycles. The molecule has 0 aliphatic heterocycles. The van der Waals surface area contributed by atoms with Crippen LogP contribution in [0.3, 0.4) is 0 Å². The maximum absolute atomic E-state index is 10.7. The van der Waals surface area contributed by atoms with Crippen LogP contribution >= 0.6 is 0 Å². The Bertz CT molecular complexity index is 143. The molecule has 4 nitrogen and oxygen atoms in total. The lowest BCUT2D eigenvalue weighted by Crippen LogP contribution is -2.30. The minimum absolute atomic E-state index is 0. The molecular weight excluding hydrogens is 175 g/mol. The molecule has 0 atom stereocenters. The number of rotatable bonds is 5. The van der Waals surface area contributed by atoms with E-state index in [2.05, 4.69) is 0 Å². The van der Waals surface area contributed by atoms with E-state index in [1.165, 1.54) is 13.8 Å². The summed E-state index contributed by atoms with van der Waals surface area (Å²) in [6.07, 6.45) is -0.998. The molecule has 0 aliphatic carbocycles. The first-order valence-electron chi connectivity index (χ1n) is 3.33. The van der Waals surface area contributed by atoms with Crippen molar-refractivity contribution in [1.82, 2.24) is 0 Å². The monoisotopic (exact) mass is 190 g/mol. The van der Waals surface area contributed by atoms with Crippen LogP contribution in [0.25, 0.3) is 0 Å². The Kier molecular flexibility index (Phi) is 8.88. The van der Waals surface area contributed by atoms with Gasteiger partial charge in [0.25, 0.3) is 0 Å². The van der Waals surface area contributed by atoms with Gasteiger partial charge in [0.2, 0.25) is 0 Å². The molecule has 0 spiro atoms. The summed E-state index contributed by atoms with van der Waals surface area (Å²) >= 11 is 0. The first-order chi connectivity index (χ1) is 5.09. The van der Waals surface area contributed by atoms with Crippen LogP contribution in [0.1, 0.15) is 13.8 Å². The molecule has 1 N–H and O–H groups in total. The van der Waals surface area contributed by atoms with Gasteiger partial charge in [0.15, 0.2) is 35.0 Å². The number of aliphatic hydroxyl groups excluding tert-OH is 1. The summed E-state index contributed by atoms with van der Waals surface area (Å²) in [7, 11) is 0. The van der Waals surface area contributed by atoms with Crippen molar-refractivity contribution in [2.24, 2.45) is 0 Å². The third-order valence-electron chi connectivity index (χ3n) is 1.11. The number of hydrogen-bond acceptors (Lipinski definition) is 4. The highest BCUT2D eigenvalue weighted by Crippen LogP contribution is 1.94. The topological polar surface area (TPSA) is 63.6 Å². The van der Waals surface area contributed by atoms with Crippen molar-refractivity contribution in [1.29, 1.82) is 0 Å². The lowest BCUT2D eigenvalue weighted by atomic mass is 10.2. The Hall–Kier alpha value is -0.208. The third kappa shape index (κ3) is 5.44. The van der Waals surface area contributed by atoms with Crippen molar-refractivity contribution >= 4 is 28.9 Å². The quantitative estimate of drug-likeness (QED) is 0.417. The van der Waals surface area contributed by atoms with E-state index < -0.39 is 6.10 Å². The number of carbonyl (C=O) groups is 2. The van der Waals surface area contributed by atoms with Gasteiger partial charge in [0.05, 0.1) is 13.2 Å². The van der Waals surface area contributed by atoms with Crippen LogP contribution < -0.4 is 0 Å². The number of carbonyl (C=O) groups excluding carboxylic acids is 2. The zero-order chi connectivity index (χ0) is 8.85. The van der Waals surface area contributed by atoms with Gasteiger partial charge in [0, 0.05) is 0 Å². The Morgan fingerprint density at radius 1 is 1.33 bits per heavy atom. The summed E-state index contributed by atoms with van der Waals surface area (Å²) in [5.74, 6) is -0.656. The van der Waals surface area contributed by atoms with Gasteiger partial charge in [-0.3, -0.25) is 9.59 Å². The first kappa shape index (κ1) is 14.3. The number of ketones is 2. The van der Waals surface area contributed by atoms with Crippen molar-refractivity contribution in [3.63, 3.8) is 0 Å². The molecule has 0 aliphatic rings. The smallest absolute Gasteiger partial charge is 0.187 e. The van der Waals surface area contributed by atoms with E-state index in [9.17, 15) is 9.59 Å². The van der Waals surface area contributed by atoms with Crippen LogP contribution in [0.2, 0.25) is 0 Å². The molecule has 0 unspecified atom stereocenters. The van der Waals surface area contributed by atoms with Gasteiger partial charge in [-0.2, -0.15) is 0 Å². The van der Waals surface area contributed by atoms with Gasteiger partial charge in [-0.05, 0) is 13.8 Å². The SMILES string of the molecule is CC(=O)C(OCCO)C(C)=O.[AlH3]. The predicted octanol–water partition coefficient (Wildman–Crippen LogP) is -1.64. The predicted molar refractivity (Wildman–Crippen MR) is 48.1 cm³/mol. The molecular formula is C7H15AlO4. The molecule has 70 valence electrons. The van der Waals surface area contributed by atoms with Gasteiger partial charge in [-0.1, -0.05) is 0 Å². The molecule has 12 heavy (non-hydrogen) atoms. The number of hydrogen-bond donors (Lipinski definition) is 1. The standard InChI is InChI=1S/C7H12O4.Al.3H/c1-5(9)7(6(2)10)11-4-3-8;;;;/h7-8H,3-4H2,1-2H3;;;;. The zero-order valence-corrected chi connectivity index (χ0v) is 6.66. The van der Waals surface area contributed by atoms with Gasteiger partial charge < -0.3 is 9.84 Å². The van der Waals surface area contributed by atoms with Crippen molar-refractivity contribution in [2.45, 2.75) is 20.0 Å². The van der Waals surface area contributed by atoms with E-state index in [0.717, 1.165) is 0 Å². The minimum Gasteiger partial charge on any atom is -0.394 e. The van der Waals surface area contributed by atoms with Gasteiger partial charge in [0.1, 0.15) is 0 Å². The molecule has 0 aromatic rings. The summed E-state index contributed by atoms with van der Waals surface area (Å²) in [6.45, 7) is 2.40. The van der Waals surface area contributed by atoms with Crippen LogP contribution in [-0.2, 0) is 14.3 Å². The fourth-order valence-corrected chi connectivity index (χ4v) is 0.692. The molecule has 0 radical (unpaired) electrons. The fraction of sp³-hybridized carbons (Fsp3) is 0.714. The van der Waals surface area contributed by atoms with Crippen LogP contribution in [0.15, 0.2) is 0 Å². The van der Waals surface area contributed by atoms with E-state index in [4.69, 9.17) is 9.84 Å². The molecule has 0 amide bonds. The minimum atomic E-state index is -0.998. The van der Waals surface area contributed by atoms with Crippen molar-refractivity contribution in [2.75, 3.05) is 13.2 Å². The average molecular weight is 190 g/mol. The zero-order valence-electron chi connectivity index (χ0n) is 6.66. The second-order valence-corrected chi connectivity index (χ2v) is 2.20. The van der Waals surface area contributed by atoms with Crippen LogP contribution in [0, 0.1) is 0 Å². The molecule has 0 fully saturated rings. The van der Waals surface area contributed by atoms with E-state index in [0.29, 0.717) is 0 Å². The fourth-order valence-electron chi connectivity index (χ4n) is 0.692. The summed E-state index contributed by atoms with van der Waals surface area (Å²) in [4.78, 5) is 21.3. The molecule has 0 saturated carbocycles. The van der Waals surface area contributed by atoms with Crippen LogP contribution in [0.4, 0.5) is 0 Å². The maximum Gasteiger partial charge on any atom is 0.187 e.